The predicted molar refractivity (Wildman–Crippen MR) is 109 cm³/mol. The van der Waals surface area contributed by atoms with Crippen molar-refractivity contribution in [2.75, 3.05) is 24.1 Å². The molecule has 0 saturated heterocycles. The van der Waals surface area contributed by atoms with E-state index in [2.05, 4.69) is 40.5 Å². The van der Waals surface area contributed by atoms with E-state index in [9.17, 15) is 4.79 Å². The molecule has 0 spiro atoms. The Morgan fingerprint density at radius 2 is 1.93 bits per heavy atom. The first-order valence-electron chi connectivity index (χ1n) is 9.07. The van der Waals surface area contributed by atoms with E-state index < -0.39 is 11.7 Å². The fourth-order valence-electron chi connectivity index (χ4n) is 2.53. The first-order chi connectivity index (χ1) is 12.7. The number of rotatable bonds is 6. The number of aromatic nitrogens is 2. The number of aryl methyl sites for hydroxylation is 1. The second kappa shape index (κ2) is 8.70. The Hall–Kier alpha value is -2.83. The van der Waals surface area contributed by atoms with Crippen LogP contribution in [-0.4, -0.2) is 34.8 Å². The third-order valence-electron chi connectivity index (χ3n) is 3.95. The maximum Gasteiger partial charge on any atom is 0.407 e. The Labute approximate surface area is 160 Å². The number of carbonyl (C=O) groups is 1. The molecule has 0 unspecified atom stereocenters. The van der Waals surface area contributed by atoms with Crippen LogP contribution in [0.4, 0.5) is 16.6 Å². The fourth-order valence-corrected chi connectivity index (χ4v) is 2.53. The minimum atomic E-state index is -0.495. The van der Waals surface area contributed by atoms with Crippen molar-refractivity contribution in [1.29, 1.82) is 0 Å². The number of nitrogens with one attached hydrogen (secondary N) is 2. The molecule has 7 nitrogen and oxygen atoms in total. The van der Waals surface area contributed by atoms with Crippen molar-refractivity contribution in [3.63, 3.8) is 0 Å². The lowest BCUT2D eigenvalue weighted by Gasteiger charge is -2.19. The molecule has 146 valence electrons. The van der Waals surface area contributed by atoms with Crippen molar-refractivity contribution in [1.82, 2.24) is 15.3 Å². The zero-order chi connectivity index (χ0) is 20.0. The normalized spacial score (nSPS) is 11.1. The molecular weight excluding hydrogens is 342 g/mol. The van der Waals surface area contributed by atoms with Crippen molar-refractivity contribution < 1.29 is 9.53 Å². The Bertz CT molecular complexity index is 799. The number of amides is 1. The minimum Gasteiger partial charge on any atom is -0.444 e. The Kier molecular flexibility index (Phi) is 6.60. The molecule has 0 aliphatic heterocycles. The number of benzene rings is 1. The molecule has 1 aromatic carbocycles. The van der Waals surface area contributed by atoms with Crippen LogP contribution in [0.5, 0.6) is 0 Å². The SMILES string of the molecule is Cc1cccc(-c2cc(NCCCNC(=O)OC(C)(C)C)nc(N)n2)c1C. The van der Waals surface area contributed by atoms with Crippen LogP contribution in [0.1, 0.15) is 38.3 Å². The average Bonchev–Trinajstić information content (AvgIpc) is 2.55. The molecule has 1 aromatic heterocycles. The van der Waals surface area contributed by atoms with Gasteiger partial charge in [-0.2, -0.15) is 4.98 Å². The molecule has 0 saturated carbocycles. The molecule has 2 aromatic rings. The minimum absolute atomic E-state index is 0.225. The summed E-state index contributed by atoms with van der Waals surface area (Å²) in [6, 6.07) is 7.99. The molecule has 0 radical (unpaired) electrons. The summed E-state index contributed by atoms with van der Waals surface area (Å²) < 4.78 is 5.20. The summed E-state index contributed by atoms with van der Waals surface area (Å²) in [7, 11) is 0. The van der Waals surface area contributed by atoms with Gasteiger partial charge in [0.25, 0.3) is 0 Å². The van der Waals surface area contributed by atoms with Gasteiger partial charge in [-0.1, -0.05) is 18.2 Å². The Balaban J connectivity index is 1.92. The van der Waals surface area contributed by atoms with Crippen LogP contribution in [0.25, 0.3) is 11.3 Å². The number of anilines is 2. The lowest BCUT2D eigenvalue weighted by atomic mass is 10.0. The molecule has 0 bridgehead atoms. The first-order valence-corrected chi connectivity index (χ1v) is 9.07. The van der Waals surface area contributed by atoms with Gasteiger partial charge in [0, 0.05) is 24.7 Å². The molecule has 27 heavy (non-hydrogen) atoms. The molecule has 0 atom stereocenters. The molecule has 7 heteroatoms. The van der Waals surface area contributed by atoms with Gasteiger partial charge in [0.15, 0.2) is 0 Å². The third kappa shape index (κ3) is 6.44. The van der Waals surface area contributed by atoms with E-state index in [1.54, 1.807) is 0 Å². The molecular formula is C20H29N5O2. The van der Waals surface area contributed by atoms with E-state index >= 15 is 0 Å². The first kappa shape index (κ1) is 20.5. The smallest absolute Gasteiger partial charge is 0.407 e. The van der Waals surface area contributed by atoms with Crippen LogP contribution in [0, 0.1) is 13.8 Å². The number of nitrogen functional groups attached to an aromatic ring is 1. The van der Waals surface area contributed by atoms with Gasteiger partial charge in [-0.3, -0.25) is 0 Å². The lowest BCUT2D eigenvalue weighted by Crippen LogP contribution is -2.33. The second-order valence-corrected chi connectivity index (χ2v) is 7.45. The number of nitrogens with two attached hydrogens (primary N) is 1. The summed E-state index contributed by atoms with van der Waals surface area (Å²) in [6.07, 6.45) is 0.313. The Morgan fingerprint density at radius 1 is 1.19 bits per heavy atom. The molecule has 2 rings (SSSR count). The summed E-state index contributed by atoms with van der Waals surface area (Å²) in [5.41, 5.74) is 9.58. The standard InChI is InChI=1S/C20H29N5O2/c1-13-8-6-9-15(14(13)2)16-12-17(25-18(21)24-16)22-10-7-11-23-19(26)27-20(3,4)5/h6,8-9,12H,7,10-11H2,1-5H3,(H,23,26)(H3,21,22,24,25). The zero-order valence-electron chi connectivity index (χ0n) is 16.7. The highest BCUT2D eigenvalue weighted by atomic mass is 16.6. The third-order valence-corrected chi connectivity index (χ3v) is 3.95. The second-order valence-electron chi connectivity index (χ2n) is 7.45. The summed E-state index contributed by atoms with van der Waals surface area (Å²) >= 11 is 0. The van der Waals surface area contributed by atoms with E-state index in [1.165, 1.54) is 11.1 Å². The number of nitrogens with zero attached hydrogens (tertiary/aromatic N) is 2. The number of ether oxygens (including phenoxy) is 1. The van der Waals surface area contributed by atoms with Crippen LogP contribution in [0.15, 0.2) is 24.3 Å². The molecule has 0 fully saturated rings. The largest absolute Gasteiger partial charge is 0.444 e. The van der Waals surface area contributed by atoms with Gasteiger partial charge in [-0.15, -0.1) is 0 Å². The quantitative estimate of drug-likeness (QED) is 0.670. The summed E-state index contributed by atoms with van der Waals surface area (Å²) in [4.78, 5) is 20.2. The number of alkyl carbamates (subject to hydrolysis) is 1. The lowest BCUT2D eigenvalue weighted by molar-refractivity contribution is 0.0528. The van der Waals surface area contributed by atoms with Crippen molar-refractivity contribution in [3.05, 3.63) is 35.4 Å². The predicted octanol–water partition coefficient (Wildman–Crippen LogP) is 3.67. The number of hydrogen-bond acceptors (Lipinski definition) is 6. The van der Waals surface area contributed by atoms with Crippen molar-refractivity contribution in [3.8, 4) is 11.3 Å². The highest BCUT2D eigenvalue weighted by Crippen LogP contribution is 2.25. The molecule has 1 amide bonds. The van der Waals surface area contributed by atoms with Gasteiger partial charge < -0.3 is 21.1 Å². The van der Waals surface area contributed by atoms with E-state index in [-0.39, 0.29) is 5.95 Å². The van der Waals surface area contributed by atoms with Gasteiger partial charge in [0.1, 0.15) is 11.4 Å². The van der Waals surface area contributed by atoms with Crippen molar-refractivity contribution in [2.45, 2.75) is 46.6 Å². The summed E-state index contributed by atoms with van der Waals surface area (Å²) in [6.45, 7) is 10.8. The molecule has 1 heterocycles. The highest BCUT2D eigenvalue weighted by Gasteiger charge is 2.15. The van der Waals surface area contributed by atoms with E-state index in [4.69, 9.17) is 10.5 Å². The maximum atomic E-state index is 11.6. The number of hydrogen-bond donors (Lipinski definition) is 3. The van der Waals surface area contributed by atoms with Crippen molar-refractivity contribution in [2.24, 2.45) is 0 Å². The number of carbonyl (C=O) groups excluding carboxylic acids is 1. The van der Waals surface area contributed by atoms with Crippen LogP contribution in [0.2, 0.25) is 0 Å². The van der Waals surface area contributed by atoms with Crippen LogP contribution in [0.3, 0.4) is 0 Å². The molecule has 0 aliphatic carbocycles. The van der Waals surface area contributed by atoms with Crippen LogP contribution >= 0.6 is 0 Å². The topological polar surface area (TPSA) is 102 Å². The summed E-state index contributed by atoms with van der Waals surface area (Å²) in [5, 5.41) is 5.96. The van der Waals surface area contributed by atoms with E-state index in [0.29, 0.717) is 18.9 Å². The average molecular weight is 371 g/mol. The summed E-state index contributed by atoms with van der Waals surface area (Å²) in [5.74, 6) is 0.887. The van der Waals surface area contributed by atoms with Gasteiger partial charge in [0.2, 0.25) is 5.95 Å². The van der Waals surface area contributed by atoms with E-state index in [1.807, 2.05) is 39.0 Å². The van der Waals surface area contributed by atoms with Gasteiger partial charge in [-0.05, 0) is 52.2 Å². The Morgan fingerprint density at radius 3 is 2.63 bits per heavy atom. The van der Waals surface area contributed by atoms with E-state index in [0.717, 1.165) is 17.7 Å². The van der Waals surface area contributed by atoms with Crippen LogP contribution in [-0.2, 0) is 4.74 Å². The van der Waals surface area contributed by atoms with Gasteiger partial charge in [0.05, 0.1) is 5.69 Å². The van der Waals surface area contributed by atoms with Gasteiger partial charge >= 0.3 is 6.09 Å². The zero-order valence-corrected chi connectivity index (χ0v) is 16.7. The fraction of sp³-hybridized carbons (Fsp3) is 0.450. The van der Waals surface area contributed by atoms with Crippen molar-refractivity contribution >= 4 is 17.9 Å². The highest BCUT2D eigenvalue weighted by molar-refractivity contribution is 5.68. The van der Waals surface area contributed by atoms with Gasteiger partial charge in [-0.25, -0.2) is 9.78 Å². The maximum absolute atomic E-state index is 11.6. The molecule has 0 aliphatic rings. The monoisotopic (exact) mass is 371 g/mol. The van der Waals surface area contributed by atoms with Crippen LogP contribution < -0.4 is 16.4 Å². The molecule has 4 N–H and O–H groups in total.